The molecule has 4 aromatic rings. The van der Waals surface area contributed by atoms with Crippen LogP contribution in [0.4, 0.5) is 11.4 Å². The van der Waals surface area contributed by atoms with Crippen LogP contribution < -0.4 is 0 Å². The summed E-state index contributed by atoms with van der Waals surface area (Å²) in [5.41, 5.74) is -1.61. The summed E-state index contributed by atoms with van der Waals surface area (Å²) in [5, 5.41) is 36.7. The fourth-order valence-electron chi connectivity index (χ4n) is 3.78. The Hall–Kier alpha value is 0.0400. The Balaban J connectivity index is 0.00000484. The van der Waals surface area contributed by atoms with E-state index in [0.29, 0.717) is 42.5 Å². The van der Waals surface area contributed by atoms with Crippen molar-refractivity contribution in [2.45, 2.75) is 19.6 Å². The van der Waals surface area contributed by atoms with E-state index in [4.69, 9.17) is 0 Å². The number of phenolic OH excluding ortho intramolecular Hbond substituents is 3. The van der Waals surface area contributed by atoms with Crippen LogP contribution in [0.2, 0.25) is 0 Å². The van der Waals surface area contributed by atoms with E-state index in [2.05, 4.69) is 10.2 Å². The van der Waals surface area contributed by atoms with Crippen LogP contribution in [-0.4, -0.2) is 185 Å². The van der Waals surface area contributed by atoms with Crippen LogP contribution >= 0.6 is 0 Å². The van der Waals surface area contributed by atoms with Crippen LogP contribution in [0.25, 0.3) is 21.5 Å². The summed E-state index contributed by atoms with van der Waals surface area (Å²) in [4.78, 5) is -4.00. The van der Waals surface area contributed by atoms with Gasteiger partial charge in [0.05, 0.1) is 31.1 Å². The molecule has 45 heavy (non-hydrogen) atoms. The molecule has 0 aromatic heterocycles. The quantitative estimate of drug-likeness (QED) is 0.0771. The first kappa shape index (κ1) is 45.0. The summed E-state index contributed by atoms with van der Waals surface area (Å²) in [6, 6.07) is 4.26. The third-order valence-electron chi connectivity index (χ3n) is 5.49. The predicted molar refractivity (Wildman–Crippen MR) is 165 cm³/mol. The maximum atomic E-state index is 11.9. The second-order valence-electron chi connectivity index (χ2n) is 8.20. The van der Waals surface area contributed by atoms with E-state index < -0.39 is 110 Å². The van der Waals surface area contributed by atoms with E-state index in [0.717, 1.165) is 0 Å². The SMILES string of the molecule is O=S(=O)(O)c1cc(O)c2c(/N=N/c3c(O)c(S(=O)(=O)O)cc4cc(S(=O)(=O)O)cc(O)c34)cc(S(=O)(=O)O)cc2c1.[NaH].[NaH].[NaH].[NaH]. The maximum absolute atomic E-state index is 11.9. The molecule has 0 spiro atoms. The number of azo groups is 1. The van der Waals surface area contributed by atoms with Gasteiger partial charge in [0.15, 0.2) is 5.75 Å². The van der Waals surface area contributed by atoms with Crippen LogP contribution in [0.1, 0.15) is 0 Å². The van der Waals surface area contributed by atoms with Crippen molar-refractivity contribution >= 4 is 192 Å². The Kier molecular flexibility index (Phi) is 15.7. The molecule has 7 N–H and O–H groups in total. The van der Waals surface area contributed by atoms with Crippen molar-refractivity contribution < 1.29 is 67.2 Å². The third kappa shape index (κ3) is 9.82. The van der Waals surface area contributed by atoms with Gasteiger partial charge in [-0.15, -0.1) is 10.2 Å². The van der Waals surface area contributed by atoms with Gasteiger partial charge in [0.2, 0.25) is 0 Å². The molecule has 4 rings (SSSR count). The van der Waals surface area contributed by atoms with Gasteiger partial charge in [0.1, 0.15) is 22.1 Å². The van der Waals surface area contributed by atoms with Crippen molar-refractivity contribution in [1.29, 1.82) is 0 Å². The molecule has 0 aliphatic carbocycles. The molecule has 0 heterocycles. The van der Waals surface area contributed by atoms with Crippen LogP contribution in [0.15, 0.2) is 72.3 Å². The predicted octanol–water partition coefficient (Wildman–Crippen LogP) is -0.0820. The zero-order chi connectivity index (χ0) is 30.9. The molecular formula is C20H18N2Na4O15S4. The van der Waals surface area contributed by atoms with E-state index in [1.54, 1.807) is 0 Å². The number of phenols is 3. The van der Waals surface area contributed by atoms with Gasteiger partial charge in [0.25, 0.3) is 40.5 Å². The van der Waals surface area contributed by atoms with Crippen LogP contribution in [0.3, 0.4) is 0 Å². The number of hydrogen-bond acceptors (Lipinski definition) is 13. The molecule has 0 aliphatic heterocycles. The third-order valence-corrected chi connectivity index (χ3v) is 8.85. The number of hydrogen-bond donors (Lipinski definition) is 7. The summed E-state index contributed by atoms with van der Waals surface area (Å²) in [7, 11) is -20.2. The van der Waals surface area contributed by atoms with Crippen molar-refractivity contribution in [3.63, 3.8) is 0 Å². The van der Waals surface area contributed by atoms with Gasteiger partial charge in [0, 0.05) is 12.1 Å². The van der Waals surface area contributed by atoms with Crippen LogP contribution in [0, 0.1) is 0 Å². The molecule has 0 fully saturated rings. The molecule has 0 atom stereocenters. The van der Waals surface area contributed by atoms with Crippen molar-refractivity contribution in [1.82, 2.24) is 0 Å². The van der Waals surface area contributed by atoms with Gasteiger partial charge >= 0.3 is 118 Å². The normalized spacial score (nSPS) is 12.2. The monoisotopic (exact) mass is 746 g/mol. The number of rotatable bonds is 6. The van der Waals surface area contributed by atoms with Gasteiger partial charge in [-0.1, -0.05) is 0 Å². The van der Waals surface area contributed by atoms with Crippen molar-refractivity contribution in [2.75, 3.05) is 0 Å². The first-order chi connectivity index (χ1) is 18.6. The van der Waals surface area contributed by atoms with Gasteiger partial charge < -0.3 is 15.3 Å². The van der Waals surface area contributed by atoms with E-state index in [9.17, 15) is 67.2 Å². The standard InChI is InChI=1S/C20H14N2O15S4.4Na.4H/c23-14-6-11(39(29,30)31)2-8-1-10(38(26,27)28)5-13(17(8)14)21-22-19-18-9(4-16(20(19)25)41(35,36)37)3-12(7-15(18)24)40(32,33)34;;;;;;;;/h1-7,23-25H,(H,26,27,28)(H,29,30,31)(H,32,33,34)(H,35,36,37);;;;;;;;/b22-21+;;;;;;;;. The molecule has 0 aliphatic rings. The Labute approximate surface area is 343 Å². The molecule has 0 bridgehead atoms. The minimum absolute atomic E-state index is 0. The van der Waals surface area contributed by atoms with Gasteiger partial charge in [-0.2, -0.15) is 33.7 Å². The van der Waals surface area contributed by atoms with E-state index in [1.165, 1.54) is 0 Å². The first-order valence-corrected chi connectivity index (χ1v) is 16.0. The second-order valence-corrected chi connectivity index (χ2v) is 13.9. The van der Waals surface area contributed by atoms with E-state index in [-0.39, 0.29) is 118 Å². The van der Waals surface area contributed by atoms with Gasteiger partial charge in [-0.3, -0.25) is 18.2 Å². The molecule has 17 nitrogen and oxygen atoms in total. The summed E-state index contributed by atoms with van der Waals surface area (Å²) < 4.78 is 131. The number of fused-ring (bicyclic) bond motifs is 2. The zero-order valence-corrected chi connectivity index (χ0v) is 22.7. The topological polar surface area (TPSA) is 303 Å². The summed E-state index contributed by atoms with van der Waals surface area (Å²) in [5.74, 6) is -3.25. The van der Waals surface area contributed by atoms with Crippen molar-refractivity contribution in [3.05, 3.63) is 42.5 Å². The van der Waals surface area contributed by atoms with Crippen LogP contribution in [-0.2, 0) is 40.5 Å². The number of benzene rings is 4. The Morgan fingerprint density at radius 3 is 1.24 bits per heavy atom. The second kappa shape index (κ2) is 15.7. The average Bonchev–Trinajstić information content (AvgIpc) is 2.80. The Bertz CT molecular complexity index is 2290. The molecule has 25 heteroatoms. The summed E-state index contributed by atoms with van der Waals surface area (Å²) in [6.45, 7) is 0. The minimum atomic E-state index is -5.26. The summed E-state index contributed by atoms with van der Waals surface area (Å²) >= 11 is 0. The first-order valence-electron chi connectivity index (χ1n) is 10.2. The average molecular weight is 747 g/mol. The summed E-state index contributed by atoms with van der Waals surface area (Å²) in [6.07, 6.45) is 0. The molecule has 0 radical (unpaired) electrons. The molecule has 0 unspecified atom stereocenters. The van der Waals surface area contributed by atoms with E-state index >= 15 is 0 Å². The van der Waals surface area contributed by atoms with Crippen LogP contribution in [0.5, 0.6) is 17.2 Å². The Morgan fingerprint density at radius 2 is 0.844 bits per heavy atom. The fraction of sp³-hybridized carbons (Fsp3) is 0. The molecule has 0 saturated carbocycles. The molecule has 226 valence electrons. The Morgan fingerprint density at radius 1 is 0.467 bits per heavy atom. The number of nitrogens with zero attached hydrogens (tertiary/aromatic N) is 2. The molecule has 0 saturated heterocycles. The molecular weight excluding hydrogens is 728 g/mol. The van der Waals surface area contributed by atoms with Crippen molar-refractivity contribution in [2.24, 2.45) is 10.2 Å². The van der Waals surface area contributed by atoms with Gasteiger partial charge in [-0.05, 0) is 41.1 Å². The fourth-order valence-corrected chi connectivity index (χ4v) is 6.00. The van der Waals surface area contributed by atoms with Crippen molar-refractivity contribution in [3.8, 4) is 17.2 Å². The molecule has 0 amide bonds. The van der Waals surface area contributed by atoms with E-state index in [1.807, 2.05) is 0 Å². The molecule has 4 aromatic carbocycles. The zero-order valence-electron chi connectivity index (χ0n) is 19.5. The number of aromatic hydroxyl groups is 3. The van der Waals surface area contributed by atoms with Gasteiger partial charge in [-0.25, -0.2) is 0 Å².